The molecule has 1 aliphatic carbocycles. The van der Waals surface area contributed by atoms with Crippen LogP contribution in [-0.2, 0) is 5.54 Å². The van der Waals surface area contributed by atoms with Crippen molar-refractivity contribution < 1.29 is 0 Å². The van der Waals surface area contributed by atoms with E-state index < -0.39 is 0 Å². The van der Waals surface area contributed by atoms with E-state index in [4.69, 9.17) is 5.73 Å². The molecule has 0 amide bonds. The minimum absolute atomic E-state index is 0.0994. The minimum atomic E-state index is -0.0994. The van der Waals surface area contributed by atoms with Crippen LogP contribution in [0.4, 0.5) is 0 Å². The van der Waals surface area contributed by atoms with Gasteiger partial charge in [0.1, 0.15) is 6.33 Å². The third-order valence-electron chi connectivity index (χ3n) is 4.30. The van der Waals surface area contributed by atoms with Crippen LogP contribution in [0.5, 0.6) is 0 Å². The Morgan fingerprint density at radius 1 is 1.05 bits per heavy atom. The number of nitrogens with zero attached hydrogens (tertiary/aromatic N) is 3. The average molecular weight is 264 g/mol. The van der Waals surface area contributed by atoms with E-state index in [1.807, 2.05) is 16.6 Å². The first kappa shape index (κ1) is 11.6. The molecule has 4 nitrogen and oxygen atoms in total. The highest BCUT2D eigenvalue weighted by atomic mass is 15.3. The van der Waals surface area contributed by atoms with Gasteiger partial charge in [-0.3, -0.25) is 0 Å². The molecule has 2 N–H and O–H groups in total. The normalized spacial score (nSPS) is 17.1. The first-order chi connectivity index (χ1) is 9.76. The van der Waals surface area contributed by atoms with E-state index in [1.54, 1.807) is 6.33 Å². The first-order valence-corrected chi connectivity index (χ1v) is 6.95. The molecule has 0 aliphatic heterocycles. The van der Waals surface area contributed by atoms with Crippen LogP contribution < -0.4 is 5.73 Å². The molecule has 2 heterocycles. The molecule has 1 aromatic carbocycles. The highest BCUT2D eigenvalue weighted by Crippen LogP contribution is 2.39. The van der Waals surface area contributed by atoms with E-state index in [0.717, 1.165) is 29.7 Å². The molecule has 0 saturated heterocycles. The Bertz CT molecular complexity index is 754. The van der Waals surface area contributed by atoms with E-state index in [9.17, 15) is 0 Å². The summed E-state index contributed by atoms with van der Waals surface area (Å²) in [4.78, 5) is 4.22. The number of nitrogens with two attached hydrogens (primary N) is 1. The zero-order valence-electron chi connectivity index (χ0n) is 11.2. The van der Waals surface area contributed by atoms with Crippen LogP contribution in [0.1, 0.15) is 24.8 Å². The molecule has 100 valence electrons. The van der Waals surface area contributed by atoms with Gasteiger partial charge < -0.3 is 5.73 Å². The van der Waals surface area contributed by atoms with Gasteiger partial charge in [0.15, 0.2) is 5.65 Å². The van der Waals surface area contributed by atoms with Crippen molar-refractivity contribution >= 4 is 5.65 Å². The summed E-state index contributed by atoms with van der Waals surface area (Å²) < 4.78 is 1.86. The Balaban J connectivity index is 1.77. The third kappa shape index (κ3) is 1.65. The summed E-state index contributed by atoms with van der Waals surface area (Å²) in [7, 11) is 0. The van der Waals surface area contributed by atoms with Crippen LogP contribution in [0.25, 0.3) is 16.9 Å². The number of rotatable bonds is 2. The molecule has 0 bridgehead atoms. The zero-order valence-corrected chi connectivity index (χ0v) is 11.2. The van der Waals surface area contributed by atoms with Crippen LogP contribution in [0.2, 0.25) is 0 Å². The van der Waals surface area contributed by atoms with E-state index in [0.29, 0.717) is 0 Å². The van der Waals surface area contributed by atoms with Crippen molar-refractivity contribution in [1.82, 2.24) is 14.6 Å². The summed E-state index contributed by atoms with van der Waals surface area (Å²) in [5.74, 6) is 0. The van der Waals surface area contributed by atoms with E-state index >= 15 is 0 Å². The Morgan fingerprint density at radius 3 is 2.55 bits per heavy atom. The van der Waals surface area contributed by atoms with Crippen LogP contribution in [0.3, 0.4) is 0 Å². The molecule has 4 rings (SSSR count). The van der Waals surface area contributed by atoms with Gasteiger partial charge in [-0.25, -0.2) is 9.50 Å². The van der Waals surface area contributed by atoms with Crippen molar-refractivity contribution in [2.75, 3.05) is 0 Å². The van der Waals surface area contributed by atoms with Gasteiger partial charge in [0.25, 0.3) is 0 Å². The second kappa shape index (κ2) is 4.15. The second-order valence-corrected chi connectivity index (χ2v) is 5.53. The van der Waals surface area contributed by atoms with E-state index in [-0.39, 0.29) is 5.54 Å². The summed E-state index contributed by atoms with van der Waals surface area (Å²) in [5, 5.41) is 4.27. The molecule has 4 heteroatoms. The molecule has 1 fully saturated rings. The van der Waals surface area contributed by atoms with Gasteiger partial charge in [-0.15, -0.1) is 0 Å². The molecule has 0 spiro atoms. The van der Waals surface area contributed by atoms with Gasteiger partial charge in [0, 0.05) is 11.1 Å². The molecule has 3 aromatic rings. The minimum Gasteiger partial charge on any atom is -0.321 e. The zero-order chi connectivity index (χ0) is 13.6. The van der Waals surface area contributed by atoms with Crippen molar-refractivity contribution in [2.45, 2.75) is 24.8 Å². The summed E-state index contributed by atoms with van der Waals surface area (Å²) in [6.45, 7) is 0. The predicted octanol–water partition coefficient (Wildman–Crippen LogP) is 2.73. The van der Waals surface area contributed by atoms with Crippen molar-refractivity contribution in [3.05, 3.63) is 54.4 Å². The second-order valence-electron chi connectivity index (χ2n) is 5.53. The SMILES string of the molecule is NC1(c2ccc(-c3cccc4ncnn34)cc2)CCC1. The fourth-order valence-electron chi connectivity index (χ4n) is 2.88. The summed E-state index contributed by atoms with van der Waals surface area (Å²) >= 11 is 0. The van der Waals surface area contributed by atoms with Gasteiger partial charge in [-0.2, -0.15) is 5.10 Å². The number of hydrogen-bond donors (Lipinski definition) is 1. The van der Waals surface area contributed by atoms with Crippen molar-refractivity contribution in [3.8, 4) is 11.3 Å². The molecule has 2 aromatic heterocycles. The van der Waals surface area contributed by atoms with Crippen LogP contribution in [-0.4, -0.2) is 14.6 Å². The summed E-state index contributed by atoms with van der Waals surface area (Å²) in [6.07, 6.45) is 4.99. The lowest BCUT2D eigenvalue weighted by Gasteiger charge is -2.38. The molecule has 1 aliphatic rings. The maximum Gasteiger partial charge on any atom is 0.155 e. The van der Waals surface area contributed by atoms with Crippen LogP contribution >= 0.6 is 0 Å². The van der Waals surface area contributed by atoms with Gasteiger partial charge in [0.05, 0.1) is 5.69 Å². The molecule has 0 atom stereocenters. The molecule has 0 unspecified atom stereocenters. The molecule has 0 radical (unpaired) electrons. The van der Waals surface area contributed by atoms with Crippen LogP contribution in [0.15, 0.2) is 48.8 Å². The Kier molecular flexibility index (Phi) is 2.41. The fraction of sp³-hybridized carbons (Fsp3) is 0.250. The molecule has 1 saturated carbocycles. The maximum absolute atomic E-state index is 6.36. The number of aromatic nitrogens is 3. The molecular formula is C16H16N4. The fourth-order valence-corrected chi connectivity index (χ4v) is 2.88. The lowest BCUT2D eigenvalue weighted by molar-refractivity contribution is 0.253. The Hall–Kier alpha value is -2.20. The van der Waals surface area contributed by atoms with Crippen LogP contribution in [0, 0.1) is 0 Å². The van der Waals surface area contributed by atoms with E-state index in [1.165, 1.54) is 12.0 Å². The topological polar surface area (TPSA) is 56.2 Å². The lowest BCUT2D eigenvalue weighted by Crippen LogP contribution is -2.43. The number of fused-ring (bicyclic) bond motifs is 1. The predicted molar refractivity (Wildman–Crippen MR) is 78.1 cm³/mol. The number of benzene rings is 1. The van der Waals surface area contributed by atoms with Crippen molar-refractivity contribution in [2.24, 2.45) is 5.73 Å². The maximum atomic E-state index is 6.36. The summed E-state index contributed by atoms with van der Waals surface area (Å²) in [5.41, 5.74) is 10.5. The van der Waals surface area contributed by atoms with Crippen molar-refractivity contribution in [1.29, 1.82) is 0 Å². The Morgan fingerprint density at radius 2 is 1.85 bits per heavy atom. The smallest absolute Gasteiger partial charge is 0.155 e. The average Bonchev–Trinajstić information content (AvgIpc) is 2.93. The quantitative estimate of drug-likeness (QED) is 0.774. The molecule has 20 heavy (non-hydrogen) atoms. The van der Waals surface area contributed by atoms with Crippen molar-refractivity contribution in [3.63, 3.8) is 0 Å². The third-order valence-corrected chi connectivity index (χ3v) is 4.30. The highest BCUT2D eigenvalue weighted by Gasteiger charge is 2.34. The number of hydrogen-bond acceptors (Lipinski definition) is 3. The largest absolute Gasteiger partial charge is 0.321 e. The standard InChI is InChI=1S/C16H16N4/c17-16(9-2-10-16)13-7-5-12(6-8-13)14-3-1-4-15-18-11-19-20(14)15/h1,3-8,11H,2,9-10,17H2. The van der Waals surface area contributed by atoms with Gasteiger partial charge >= 0.3 is 0 Å². The Labute approximate surface area is 117 Å². The van der Waals surface area contributed by atoms with Gasteiger partial charge in [0.2, 0.25) is 0 Å². The number of pyridine rings is 1. The monoisotopic (exact) mass is 264 g/mol. The van der Waals surface area contributed by atoms with Gasteiger partial charge in [-0.05, 0) is 37.0 Å². The highest BCUT2D eigenvalue weighted by molar-refractivity contribution is 5.63. The summed E-state index contributed by atoms with van der Waals surface area (Å²) in [6, 6.07) is 14.5. The van der Waals surface area contributed by atoms with E-state index in [2.05, 4.69) is 40.4 Å². The molecular weight excluding hydrogens is 248 g/mol. The first-order valence-electron chi connectivity index (χ1n) is 6.95. The lowest BCUT2D eigenvalue weighted by atomic mass is 9.72. The van der Waals surface area contributed by atoms with Gasteiger partial charge in [-0.1, -0.05) is 30.3 Å².